The van der Waals surface area contributed by atoms with Gasteiger partial charge in [0.1, 0.15) is 0 Å². The van der Waals surface area contributed by atoms with Crippen molar-refractivity contribution in [3.8, 4) is 0 Å². The fraction of sp³-hybridized carbons (Fsp3) is 0.824. The van der Waals surface area contributed by atoms with Crippen LogP contribution in [0.1, 0.15) is 135 Å². The molecule has 2 aliphatic rings. The van der Waals surface area contributed by atoms with E-state index in [9.17, 15) is 0 Å². The lowest BCUT2D eigenvalue weighted by Gasteiger charge is -2.44. The van der Waals surface area contributed by atoms with Gasteiger partial charge in [-0.15, -0.1) is 0 Å². The number of benzene rings is 1. The lowest BCUT2D eigenvalue weighted by atomic mass is 9.68. The molecule has 0 heterocycles. The summed E-state index contributed by atoms with van der Waals surface area (Å²) in [7, 11) is 0. The SMILES string of the molecule is CC(C)(C)CC(c1cc(C(OC2CCCCC2)(C(F)(F)F)C(F)(F)F)cc(C(OC2CCCCC2)(C(F)(F)F)C(F)(F)F)c1)C(C)(C)C. The fourth-order valence-corrected chi connectivity index (χ4v) is 7.04. The van der Waals surface area contributed by atoms with Gasteiger partial charge in [0.05, 0.1) is 12.2 Å². The Kier molecular flexibility index (Phi) is 11.7. The summed E-state index contributed by atoms with van der Waals surface area (Å²) in [5.74, 6) is -1.08. The third-order valence-electron chi connectivity index (χ3n) is 9.42. The van der Waals surface area contributed by atoms with Crippen LogP contribution < -0.4 is 0 Å². The van der Waals surface area contributed by atoms with Crippen LogP contribution in [0.3, 0.4) is 0 Å². The Morgan fingerprint density at radius 1 is 0.521 bits per heavy atom. The van der Waals surface area contributed by atoms with Crippen molar-refractivity contribution in [1.82, 2.24) is 0 Å². The summed E-state index contributed by atoms with van der Waals surface area (Å²) in [6, 6.07) is 0.591. The fourth-order valence-electron chi connectivity index (χ4n) is 7.04. The van der Waals surface area contributed by atoms with Crippen molar-refractivity contribution in [2.75, 3.05) is 0 Å². The van der Waals surface area contributed by atoms with E-state index in [-0.39, 0.29) is 63.9 Å². The molecule has 3 rings (SSSR count). The average molecular weight is 715 g/mol. The number of hydrogen-bond acceptors (Lipinski definition) is 2. The summed E-state index contributed by atoms with van der Waals surface area (Å²) in [5.41, 5.74) is -16.5. The lowest BCUT2D eigenvalue weighted by Crippen LogP contribution is -2.59. The van der Waals surface area contributed by atoms with E-state index in [4.69, 9.17) is 9.47 Å². The summed E-state index contributed by atoms with van der Waals surface area (Å²) in [4.78, 5) is 0. The van der Waals surface area contributed by atoms with Gasteiger partial charge in [0.2, 0.25) is 0 Å². The summed E-state index contributed by atoms with van der Waals surface area (Å²) in [5, 5.41) is 0. The lowest BCUT2D eigenvalue weighted by molar-refractivity contribution is -0.402. The Morgan fingerprint density at radius 2 is 0.833 bits per heavy atom. The molecule has 1 atom stereocenters. The van der Waals surface area contributed by atoms with Crippen molar-refractivity contribution < 1.29 is 62.2 Å². The molecule has 2 fully saturated rings. The summed E-state index contributed by atoms with van der Waals surface area (Å²) in [6.07, 6.45) is -27.3. The first-order valence-corrected chi connectivity index (χ1v) is 16.4. The molecule has 48 heavy (non-hydrogen) atoms. The Labute approximate surface area is 274 Å². The molecule has 2 saturated carbocycles. The van der Waals surface area contributed by atoms with Crippen LogP contribution in [0.5, 0.6) is 0 Å². The zero-order chi connectivity index (χ0) is 36.8. The molecule has 0 N–H and O–H groups in total. The highest BCUT2D eigenvalue weighted by Crippen LogP contribution is 2.59. The molecule has 0 bridgehead atoms. The number of rotatable bonds is 8. The molecule has 0 spiro atoms. The highest BCUT2D eigenvalue weighted by atomic mass is 19.4. The van der Waals surface area contributed by atoms with E-state index < -0.39 is 81.6 Å². The summed E-state index contributed by atoms with van der Waals surface area (Å²) in [6.45, 7) is 9.78. The number of ether oxygens (including phenoxy) is 2. The van der Waals surface area contributed by atoms with E-state index >= 15 is 52.7 Å². The third kappa shape index (κ3) is 8.42. The van der Waals surface area contributed by atoms with Crippen LogP contribution in [0.2, 0.25) is 0 Å². The van der Waals surface area contributed by atoms with Crippen LogP contribution >= 0.6 is 0 Å². The highest BCUT2D eigenvalue weighted by molar-refractivity contribution is 5.43. The smallest absolute Gasteiger partial charge is 0.351 e. The van der Waals surface area contributed by atoms with Crippen molar-refractivity contribution in [2.45, 2.75) is 166 Å². The third-order valence-corrected chi connectivity index (χ3v) is 9.42. The van der Waals surface area contributed by atoms with Gasteiger partial charge in [-0.25, -0.2) is 0 Å². The number of hydrogen-bond donors (Lipinski definition) is 0. The summed E-state index contributed by atoms with van der Waals surface area (Å²) >= 11 is 0. The number of halogens is 12. The first-order valence-electron chi connectivity index (χ1n) is 16.4. The van der Waals surface area contributed by atoms with Gasteiger partial charge in [-0.3, -0.25) is 0 Å². The van der Waals surface area contributed by atoms with Gasteiger partial charge in [-0.1, -0.05) is 92.2 Å². The molecule has 278 valence electrons. The zero-order valence-corrected chi connectivity index (χ0v) is 28.1. The van der Waals surface area contributed by atoms with Gasteiger partial charge in [-0.2, -0.15) is 52.7 Å². The average Bonchev–Trinajstić information content (AvgIpc) is 2.90. The van der Waals surface area contributed by atoms with Crippen LogP contribution in [0, 0.1) is 10.8 Å². The van der Waals surface area contributed by atoms with Gasteiger partial charge in [-0.05, 0) is 60.5 Å². The van der Waals surface area contributed by atoms with Crippen molar-refractivity contribution >= 4 is 0 Å². The molecular formula is C34H46F12O2. The molecule has 2 nitrogen and oxygen atoms in total. The second-order valence-corrected chi connectivity index (χ2v) is 15.6. The van der Waals surface area contributed by atoms with E-state index in [0.29, 0.717) is 25.0 Å². The Bertz CT molecular complexity index is 1100. The Morgan fingerprint density at radius 3 is 1.08 bits per heavy atom. The van der Waals surface area contributed by atoms with Crippen LogP contribution in [-0.4, -0.2) is 36.9 Å². The van der Waals surface area contributed by atoms with E-state index in [1.54, 1.807) is 41.5 Å². The zero-order valence-electron chi connectivity index (χ0n) is 28.1. The minimum absolute atomic E-state index is 0.00241. The topological polar surface area (TPSA) is 18.5 Å². The van der Waals surface area contributed by atoms with E-state index in [1.807, 2.05) is 0 Å². The highest BCUT2D eigenvalue weighted by Gasteiger charge is 2.77. The molecule has 0 amide bonds. The van der Waals surface area contributed by atoms with Crippen molar-refractivity contribution in [1.29, 1.82) is 0 Å². The monoisotopic (exact) mass is 714 g/mol. The van der Waals surface area contributed by atoms with Crippen LogP contribution in [0.4, 0.5) is 52.7 Å². The van der Waals surface area contributed by atoms with Crippen molar-refractivity contribution in [3.63, 3.8) is 0 Å². The second-order valence-electron chi connectivity index (χ2n) is 15.6. The molecule has 14 heteroatoms. The maximum Gasteiger partial charge on any atom is 0.430 e. The molecule has 0 aromatic heterocycles. The van der Waals surface area contributed by atoms with E-state index in [2.05, 4.69) is 0 Å². The molecule has 0 aliphatic heterocycles. The van der Waals surface area contributed by atoms with Crippen LogP contribution in [-0.2, 0) is 20.7 Å². The van der Waals surface area contributed by atoms with Crippen LogP contribution in [0.25, 0.3) is 0 Å². The molecule has 1 aromatic rings. The Hall–Kier alpha value is -1.70. The molecule has 2 aliphatic carbocycles. The van der Waals surface area contributed by atoms with Gasteiger partial charge < -0.3 is 9.47 Å². The van der Waals surface area contributed by atoms with Crippen LogP contribution in [0.15, 0.2) is 18.2 Å². The van der Waals surface area contributed by atoms with E-state index in [1.165, 1.54) is 0 Å². The van der Waals surface area contributed by atoms with Crippen molar-refractivity contribution in [3.05, 3.63) is 34.9 Å². The quantitative estimate of drug-likeness (QED) is 0.250. The minimum atomic E-state index is -6.33. The van der Waals surface area contributed by atoms with Crippen molar-refractivity contribution in [2.24, 2.45) is 10.8 Å². The largest absolute Gasteiger partial charge is 0.430 e. The molecule has 0 saturated heterocycles. The standard InChI is InChI=1S/C34H46F12O2/c1-27(2,3)20-26(28(4,5)6)21-17-22(29(31(35,36)37,32(38,39)40)47-24-13-9-7-10-14-24)19-23(18-21)30(33(41,42)43,34(44,45)46)48-25-15-11-8-12-16-25/h17-19,24-26H,7-16,20H2,1-6H3. The molecular weight excluding hydrogens is 668 g/mol. The maximum atomic E-state index is 15.1. The normalized spacial score (nSPS) is 19.9. The molecule has 1 aromatic carbocycles. The predicted octanol–water partition coefficient (Wildman–Crippen LogP) is 12.6. The maximum absolute atomic E-state index is 15.1. The van der Waals surface area contributed by atoms with E-state index in [0.717, 1.165) is 0 Å². The van der Waals surface area contributed by atoms with Gasteiger partial charge in [0, 0.05) is 11.1 Å². The minimum Gasteiger partial charge on any atom is -0.351 e. The Balaban J connectivity index is 2.56. The summed E-state index contributed by atoms with van der Waals surface area (Å²) < 4.78 is 191. The molecule has 0 radical (unpaired) electrons. The van der Waals surface area contributed by atoms with Gasteiger partial charge in [0.25, 0.3) is 11.2 Å². The first-order chi connectivity index (χ1) is 21.6. The second kappa shape index (κ2) is 13.8. The van der Waals surface area contributed by atoms with Gasteiger partial charge in [0.15, 0.2) is 0 Å². The molecule has 1 unspecified atom stereocenters. The predicted molar refractivity (Wildman–Crippen MR) is 156 cm³/mol. The first kappa shape index (κ1) is 40.7. The van der Waals surface area contributed by atoms with Gasteiger partial charge >= 0.3 is 24.7 Å². The number of alkyl halides is 12.